The van der Waals surface area contributed by atoms with Gasteiger partial charge in [0.1, 0.15) is 0 Å². The molecule has 0 saturated heterocycles. The summed E-state index contributed by atoms with van der Waals surface area (Å²) in [7, 11) is 0. The molecule has 9 aromatic carbocycles. The fraction of sp³-hybridized carbons (Fsp3) is 0. The molecule has 56 heavy (non-hydrogen) atoms. The van der Waals surface area contributed by atoms with Crippen LogP contribution < -0.4 is 0 Å². The predicted molar refractivity (Wildman–Crippen MR) is 240 cm³/mol. The zero-order valence-corrected chi connectivity index (χ0v) is 32.3. The standard InChI is InChI=1S/C54H35NSe/c1-3-12-36(13-4-1)38-22-24-40(25-23-38)42-32-43(34-44(33-42)46-18-11-19-50-49-17-8-10-21-53(49)56-54(46)50)41-28-31-48-47-16-7-9-20-51(47)55(52(48)35-41)45-29-26-39(27-30-45)37-14-5-2-6-15-37/h1-35H. The number of benzene rings is 9. The molecule has 262 valence electrons. The van der Waals surface area contributed by atoms with E-state index < -0.39 is 0 Å². The van der Waals surface area contributed by atoms with Crippen molar-refractivity contribution in [3.05, 3.63) is 212 Å². The summed E-state index contributed by atoms with van der Waals surface area (Å²) in [6, 6.07) is 78.1. The average molecular weight is 777 g/mol. The van der Waals surface area contributed by atoms with Crippen LogP contribution in [0.4, 0.5) is 0 Å². The van der Waals surface area contributed by atoms with E-state index in [1.165, 1.54) is 96.7 Å². The summed E-state index contributed by atoms with van der Waals surface area (Å²) in [6.45, 7) is 0. The van der Waals surface area contributed by atoms with Crippen molar-refractivity contribution in [3.8, 4) is 61.3 Å². The van der Waals surface area contributed by atoms with Gasteiger partial charge in [-0.15, -0.1) is 0 Å². The topological polar surface area (TPSA) is 4.93 Å². The molecule has 0 amide bonds. The summed E-state index contributed by atoms with van der Waals surface area (Å²) in [5.41, 5.74) is 15.9. The SMILES string of the molecule is c1ccc(-c2ccc(-c3cc(-c4ccc5c6ccccc6n(-c6ccc(-c7ccccc7)cc6)c5c4)cc(-c4cccc5c4[se]c4ccccc45)c3)cc2)cc1. The van der Waals surface area contributed by atoms with Crippen molar-refractivity contribution in [1.82, 2.24) is 4.57 Å². The first-order valence-corrected chi connectivity index (χ1v) is 20.9. The van der Waals surface area contributed by atoms with E-state index in [0.29, 0.717) is 0 Å². The van der Waals surface area contributed by atoms with Crippen LogP contribution in [0.15, 0.2) is 212 Å². The van der Waals surface area contributed by atoms with Crippen LogP contribution in [-0.4, -0.2) is 19.1 Å². The molecule has 1 nitrogen and oxygen atoms in total. The molecular weight excluding hydrogens is 742 g/mol. The minimum absolute atomic E-state index is 0.242. The van der Waals surface area contributed by atoms with Crippen LogP contribution in [0.5, 0.6) is 0 Å². The molecule has 0 fully saturated rings. The quantitative estimate of drug-likeness (QED) is 0.148. The molecule has 0 aliphatic rings. The third-order valence-electron chi connectivity index (χ3n) is 11.2. The van der Waals surface area contributed by atoms with Crippen molar-refractivity contribution in [2.75, 3.05) is 0 Å². The Kier molecular flexibility index (Phi) is 7.91. The van der Waals surface area contributed by atoms with Crippen LogP contribution in [-0.2, 0) is 0 Å². The summed E-state index contributed by atoms with van der Waals surface area (Å²) in [5.74, 6) is 0. The molecular formula is C54H35NSe. The Hall–Kier alpha value is -6.70. The van der Waals surface area contributed by atoms with E-state index in [4.69, 9.17) is 0 Å². The van der Waals surface area contributed by atoms with Gasteiger partial charge in [-0.3, -0.25) is 0 Å². The van der Waals surface area contributed by atoms with Gasteiger partial charge in [-0.05, 0) is 11.1 Å². The Morgan fingerprint density at radius 1 is 0.286 bits per heavy atom. The number of aromatic nitrogens is 1. The first-order valence-electron chi connectivity index (χ1n) is 19.2. The second kappa shape index (κ2) is 13.6. The van der Waals surface area contributed by atoms with Gasteiger partial charge in [0.05, 0.1) is 0 Å². The Labute approximate surface area is 332 Å². The number of hydrogen-bond acceptors (Lipinski definition) is 0. The van der Waals surface area contributed by atoms with Gasteiger partial charge < -0.3 is 0 Å². The van der Waals surface area contributed by atoms with Gasteiger partial charge in [-0.1, -0.05) is 36.4 Å². The van der Waals surface area contributed by atoms with E-state index in [-0.39, 0.29) is 14.5 Å². The first kappa shape index (κ1) is 32.7. The molecule has 11 aromatic rings. The van der Waals surface area contributed by atoms with Gasteiger partial charge in [0.2, 0.25) is 0 Å². The van der Waals surface area contributed by atoms with Crippen LogP contribution in [0.2, 0.25) is 0 Å². The number of fused-ring (bicyclic) bond motifs is 6. The summed E-state index contributed by atoms with van der Waals surface area (Å²) >= 11 is 0.242. The molecule has 0 unspecified atom stereocenters. The van der Waals surface area contributed by atoms with E-state index in [2.05, 4.69) is 217 Å². The Bertz CT molecular complexity index is 3210. The Morgan fingerprint density at radius 2 is 0.786 bits per heavy atom. The molecule has 0 atom stereocenters. The van der Waals surface area contributed by atoms with E-state index in [1.807, 2.05) is 0 Å². The molecule has 11 rings (SSSR count). The third kappa shape index (κ3) is 5.62. The van der Waals surface area contributed by atoms with E-state index in [1.54, 1.807) is 0 Å². The third-order valence-corrected chi connectivity index (χ3v) is 13.8. The van der Waals surface area contributed by atoms with E-state index in [0.717, 1.165) is 5.69 Å². The second-order valence-electron chi connectivity index (χ2n) is 14.5. The zero-order chi connectivity index (χ0) is 37.0. The van der Waals surface area contributed by atoms with Crippen LogP contribution in [0, 0.1) is 0 Å². The molecule has 0 bridgehead atoms. The van der Waals surface area contributed by atoms with E-state index in [9.17, 15) is 0 Å². The minimum atomic E-state index is 0.242. The number of nitrogens with zero attached hydrogens (tertiary/aromatic N) is 1. The maximum absolute atomic E-state index is 2.43. The summed E-state index contributed by atoms with van der Waals surface area (Å²) in [4.78, 5) is 0. The fourth-order valence-electron chi connectivity index (χ4n) is 8.44. The molecule has 0 radical (unpaired) electrons. The van der Waals surface area contributed by atoms with Crippen molar-refractivity contribution < 1.29 is 0 Å². The van der Waals surface area contributed by atoms with Gasteiger partial charge in [0, 0.05) is 0 Å². The van der Waals surface area contributed by atoms with Gasteiger partial charge in [0.15, 0.2) is 0 Å². The second-order valence-corrected chi connectivity index (χ2v) is 16.7. The summed E-state index contributed by atoms with van der Waals surface area (Å²) < 4.78 is 5.36. The van der Waals surface area contributed by atoms with Gasteiger partial charge in [-0.2, -0.15) is 0 Å². The normalized spacial score (nSPS) is 11.6. The van der Waals surface area contributed by atoms with Crippen LogP contribution in [0.1, 0.15) is 0 Å². The van der Waals surface area contributed by atoms with Crippen molar-refractivity contribution in [1.29, 1.82) is 0 Å². The van der Waals surface area contributed by atoms with Gasteiger partial charge in [0.25, 0.3) is 0 Å². The first-order chi connectivity index (χ1) is 27.7. The summed E-state index contributed by atoms with van der Waals surface area (Å²) in [6.07, 6.45) is 0. The summed E-state index contributed by atoms with van der Waals surface area (Å²) in [5, 5.41) is 5.27. The molecule has 0 saturated carbocycles. The van der Waals surface area contributed by atoms with Crippen molar-refractivity contribution in [2.45, 2.75) is 0 Å². The van der Waals surface area contributed by atoms with Crippen molar-refractivity contribution in [3.63, 3.8) is 0 Å². The number of hydrogen-bond donors (Lipinski definition) is 0. The fourth-order valence-corrected chi connectivity index (χ4v) is 11.0. The van der Waals surface area contributed by atoms with Crippen LogP contribution in [0.25, 0.3) is 102 Å². The predicted octanol–water partition coefficient (Wildman–Crippen LogP) is 14.5. The monoisotopic (exact) mass is 777 g/mol. The van der Waals surface area contributed by atoms with Gasteiger partial charge in [-0.25, -0.2) is 0 Å². The molecule has 2 heteroatoms. The zero-order valence-electron chi connectivity index (χ0n) is 30.6. The molecule has 0 aliphatic carbocycles. The van der Waals surface area contributed by atoms with Gasteiger partial charge >= 0.3 is 286 Å². The van der Waals surface area contributed by atoms with Crippen LogP contribution >= 0.6 is 0 Å². The maximum atomic E-state index is 2.43. The molecule has 0 aliphatic heterocycles. The molecule has 2 aromatic heterocycles. The van der Waals surface area contributed by atoms with Crippen molar-refractivity contribution >= 4 is 55.6 Å². The van der Waals surface area contributed by atoms with E-state index >= 15 is 0 Å². The number of para-hydroxylation sites is 1. The molecule has 2 heterocycles. The van der Waals surface area contributed by atoms with Crippen molar-refractivity contribution in [2.24, 2.45) is 0 Å². The Morgan fingerprint density at radius 3 is 1.50 bits per heavy atom. The van der Waals surface area contributed by atoms with Crippen LogP contribution in [0.3, 0.4) is 0 Å². The molecule has 0 N–H and O–H groups in total. The molecule has 0 spiro atoms. The Balaban J connectivity index is 1.10. The average Bonchev–Trinajstić information content (AvgIpc) is 3.83. The number of rotatable bonds is 6.